The fraction of sp³-hybridized carbons (Fsp3) is 0.292. The first-order valence-electron chi connectivity index (χ1n) is 10.4. The molecule has 31 heavy (non-hydrogen) atoms. The summed E-state index contributed by atoms with van der Waals surface area (Å²) in [6, 6.07) is 13.1. The van der Waals surface area contributed by atoms with E-state index in [2.05, 4.69) is 10.1 Å². The van der Waals surface area contributed by atoms with Crippen LogP contribution >= 0.6 is 0 Å². The third kappa shape index (κ3) is 3.87. The summed E-state index contributed by atoms with van der Waals surface area (Å²) in [4.78, 5) is 19.3. The number of halogens is 2. The first kappa shape index (κ1) is 19.6. The van der Waals surface area contributed by atoms with Crippen molar-refractivity contribution in [1.82, 2.24) is 19.7 Å². The third-order valence-corrected chi connectivity index (χ3v) is 5.93. The molecule has 0 saturated heterocycles. The van der Waals surface area contributed by atoms with Crippen molar-refractivity contribution in [3.8, 4) is 22.4 Å². The fourth-order valence-electron chi connectivity index (χ4n) is 4.35. The van der Waals surface area contributed by atoms with E-state index in [4.69, 9.17) is 4.98 Å². The minimum absolute atomic E-state index is 0.0503. The summed E-state index contributed by atoms with van der Waals surface area (Å²) in [5, 5.41) is 5.37. The summed E-state index contributed by atoms with van der Waals surface area (Å²) in [7, 11) is 0. The van der Waals surface area contributed by atoms with E-state index >= 15 is 0 Å². The van der Waals surface area contributed by atoms with Crippen LogP contribution in [0.4, 0.5) is 8.78 Å². The predicted octanol–water partition coefficient (Wildman–Crippen LogP) is 4.85. The molecule has 0 aliphatic heterocycles. The summed E-state index contributed by atoms with van der Waals surface area (Å²) in [5.41, 5.74) is 4.95. The number of benzene rings is 1. The van der Waals surface area contributed by atoms with Crippen LogP contribution in [-0.2, 0) is 6.54 Å². The topological polar surface area (TPSA) is 63.6 Å². The summed E-state index contributed by atoms with van der Waals surface area (Å²) in [5.74, 6) is -0.0503. The van der Waals surface area contributed by atoms with Crippen molar-refractivity contribution in [1.29, 1.82) is 0 Å². The van der Waals surface area contributed by atoms with E-state index in [0.29, 0.717) is 6.54 Å². The Labute approximate surface area is 177 Å². The van der Waals surface area contributed by atoms with Crippen molar-refractivity contribution < 1.29 is 8.78 Å². The summed E-state index contributed by atoms with van der Waals surface area (Å²) >= 11 is 0. The maximum atomic E-state index is 13.5. The summed E-state index contributed by atoms with van der Waals surface area (Å²) in [6.45, 7) is 2.42. The van der Waals surface area contributed by atoms with Gasteiger partial charge < -0.3 is 4.98 Å². The summed E-state index contributed by atoms with van der Waals surface area (Å²) in [6.07, 6.45) is 1.40. The number of nitrogens with zero attached hydrogens (tertiary/aromatic N) is 3. The van der Waals surface area contributed by atoms with Crippen LogP contribution in [0.1, 0.15) is 18.5 Å². The van der Waals surface area contributed by atoms with Crippen LogP contribution in [0.15, 0.2) is 59.7 Å². The molecule has 1 N–H and O–H groups in total. The van der Waals surface area contributed by atoms with Gasteiger partial charge in [-0.05, 0) is 49.3 Å². The smallest absolute Gasteiger partial charge is 0.248 e. The maximum Gasteiger partial charge on any atom is 0.248 e. The van der Waals surface area contributed by atoms with Crippen LogP contribution in [0, 0.1) is 12.8 Å². The van der Waals surface area contributed by atoms with Gasteiger partial charge in [0.25, 0.3) is 0 Å². The van der Waals surface area contributed by atoms with Crippen molar-refractivity contribution in [3.63, 3.8) is 0 Å². The van der Waals surface area contributed by atoms with Crippen LogP contribution in [0.25, 0.3) is 33.3 Å². The molecule has 5 nitrogen and oxygen atoms in total. The van der Waals surface area contributed by atoms with Gasteiger partial charge in [-0.1, -0.05) is 18.2 Å². The number of H-pyrrole nitrogens is 1. The van der Waals surface area contributed by atoms with Crippen LogP contribution in [-0.4, -0.2) is 32.1 Å². The molecule has 3 heterocycles. The predicted molar refractivity (Wildman–Crippen MR) is 116 cm³/mol. The van der Waals surface area contributed by atoms with Gasteiger partial charge in [-0.3, -0.25) is 14.5 Å². The molecular weight excluding hydrogens is 398 g/mol. The molecule has 0 bridgehead atoms. The van der Waals surface area contributed by atoms with Gasteiger partial charge in [-0.2, -0.15) is 5.10 Å². The van der Waals surface area contributed by atoms with Gasteiger partial charge in [0.15, 0.2) is 0 Å². The molecule has 5 rings (SSSR count). The highest BCUT2D eigenvalue weighted by molar-refractivity contribution is 5.87. The Morgan fingerprint density at radius 2 is 1.84 bits per heavy atom. The van der Waals surface area contributed by atoms with Crippen molar-refractivity contribution in [2.24, 2.45) is 5.92 Å². The highest BCUT2D eigenvalue weighted by Gasteiger charge is 2.34. The second-order valence-corrected chi connectivity index (χ2v) is 8.29. The van der Waals surface area contributed by atoms with E-state index in [9.17, 15) is 13.6 Å². The number of nitrogens with one attached hydrogen (secondary N) is 1. The number of rotatable bonds is 4. The Bertz CT molecular complexity index is 1300. The standard InChI is InChI=1S/C24H22F2N4O/c1-14-2-6-19(18-11-27-30(13-18)12-15-8-20(25)21(26)9-15)24(28-14)17-4-3-16-5-7-23(31)29-22(16)10-17/h2-7,10-11,13,15,20-21H,8-9,12H2,1H3,(H,29,31)/t20-,21-/m1/s1. The Kier molecular flexibility index (Phi) is 4.88. The van der Waals surface area contributed by atoms with Crippen molar-refractivity contribution in [3.05, 3.63) is 70.9 Å². The molecule has 0 radical (unpaired) electrons. The van der Waals surface area contributed by atoms with Crippen molar-refractivity contribution >= 4 is 10.9 Å². The number of aromatic nitrogens is 4. The van der Waals surface area contributed by atoms with Crippen LogP contribution in [0.5, 0.6) is 0 Å². The minimum Gasteiger partial charge on any atom is -0.322 e. The first-order chi connectivity index (χ1) is 15.0. The molecule has 2 atom stereocenters. The van der Waals surface area contributed by atoms with E-state index in [0.717, 1.165) is 39.0 Å². The molecule has 1 saturated carbocycles. The quantitative estimate of drug-likeness (QED) is 0.513. The molecule has 1 aromatic carbocycles. The number of aromatic amines is 1. The van der Waals surface area contributed by atoms with Gasteiger partial charge >= 0.3 is 0 Å². The van der Waals surface area contributed by atoms with E-state index in [1.807, 2.05) is 43.5 Å². The van der Waals surface area contributed by atoms with Crippen LogP contribution in [0.3, 0.4) is 0 Å². The minimum atomic E-state index is -1.37. The fourth-order valence-corrected chi connectivity index (χ4v) is 4.35. The Morgan fingerprint density at radius 3 is 2.65 bits per heavy atom. The van der Waals surface area contributed by atoms with E-state index in [1.165, 1.54) is 6.07 Å². The molecule has 0 amide bonds. The molecular formula is C24H22F2N4O. The normalized spacial score (nSPS) is 19.3. The van der Waals surface area contributed by atoms with E-state index < -0.39 is 12.3 Å². The Balaban J connectivity index is 1.50. The van der Waals surface area contributed by atoms with Crippen molar-refractivity contribution in [2.45, 2.75) is 38.7 Å². The lowest BCUT2D eigenvalue weighted by Crippen LogP contribution is -2.08. The summed E-state index contributed by atoms with van der Waals surface area (Å²) < 4.78 is 28.8. The molecule has 0 spiro atoms. The Morgan fingerprint density at radius 1 is 1.06 bits per heavy atom. The van der Waals surface area contributed by atoms with Gasteiger partial charge in [0.05, 0.1) is 11.9 Å². The lowest BCUT2D eigenvalue weighted by Gasteiger charge is -2.10. The highest BCUT2D eigenvalue weighted by atomic mass is 19.2. The monoisotopic (exact) mass is 420 g/mol. The number of hydrogen-bond donors (Lipinski definition) is 1. The van der Waals surface area contributed by atoms with Crippen molar-refractivity contribution in [2.75, 3.05) is 0 Å². The number of hydrogen-bond acceptors (Lipinski definition) is 3. The zero-order valence-electron chi connectivity index (χ0n) is 17.1. The molecule has 4 aromatic rings. The second kappa shape index (κ2) is 7.72. The van der Waals surface area contributed by atoms with Gasteiger partial charge in [0, 0.05) is 46.7 Å². The number of fused-ring (bicyclic) bond motifs is 1. The highest BCUT2D eigenvalue weighted by Crippen LogP contribution is 2.34. The molecule has 0 unspecified atom stereocenters. The third-order valence-electron chi connectivity index (χ3n) is 5.93. The molecule has 1 fully saturated rings. The molecule has 158 valence electrons. The van der Waals surface area contributed by atoms with E-state index in [-0.39, 0.29) is 24.3 Å². The largest absolute Gasteiger partial charge is 0.322 e. The molecule has 3 aromatic heterocycles. The number of alkyl halides is 2. The van der Waals surface area contributed by atoms with Crippen LogP contribution in [0.2, 0.25) is 0 Å². The van der Waals surface area contributed by atoms with Crippen LogP contribution < -0.4 is 5.56 Å². The zero-order valence-corrected chi connectivity index (χ0v) is 17.1. The number of aryl methyl sites for hydroxylation is 1. The maximum absolute atomic E-state index is 13.5. The number of pyridine rings is 2. The lowest BCUT2D eigenvalue weighted by atomic mass is 10.00. The molecule has 7 heteroatoms. The zero-order chi connectivity index (χ0) is 21.5. The SMILES string of the molecule is Cc1ccc(-c2cnn(CC3C[C@@H](F)[C@H](F)C3)c2)c(-c2ccc3ccc(=O)[nH]c3c2)n1. The average molecular weight is 420 g/mol. The van der Waals surface area contributed by atoms with Gasteiger partial charge in [0.2, 0.25) is 5.56 Å². The van der Waals surface area contributed by atoms with Gasteiger partial charge in [0.1, 0.15) is 12.3 Å². The van der Waals surface area contributed by atoms with E-state index in [1.54, 1.807) is 16.9 Å². The van der Waals surface area contributed by atoms with Gasteiger partial charge in [-0.15, -0.1) is 0 Å². The second-order valence-electron chi connectivity index (χ2n) is 8.29. The molecule has 1 aliphatic rings. The lowest BCUT2D eigenvalue weighted by molar-refractivity contribution is 0.199. The molecule has 1 aliphatic carbocycles. The Hall–Kier alpha value is -3.35. The average Bonchev–Trinajstić information content (AvgIpc) is 3.33. The van der Waals surface area contributed by atoms with Gasteiger partial charge in [-0.25, -0.2) is 8.78 Å². The first-order valence-corrected chi connectivity index (χ1v) is 10.4.